The lowest BCUT2D eigenvalue weighted by Gasteiger charge is -2.19. The molecule has 7 nitrogen and oxygen atoms in total. The molecule has 28 heavy (non-hydrogen) atoms. The molecule has 1 aliphatic heterocycles. The average Bonchev–Trinajstić information content (AvgIpc) is 3.24. The van der Waals surface area contributed by atoms with E-state index in [9.17, 15) is 9.59 Å². The van der Waals surface area contributed by atoms with E-state index in [-0.39, 0.29) is 17.4 Å². The van der Waals surface area contributed by atoms with E-state index in [1.165, 1.54) is 5.01 Å². The number of hydrazine groups is 1. The Kier molecular flexibility index (Phi) is 4.55. The topological polar surface area (TPSA) is 90.4 Å². The molecule has 0 spiro atoms. The minimum Gasteiger partial charge on any atom is -0.298 e. The molecule has 3 aromatic rings. The van der Waals surface area contributed by atoms with Gasteiger partial charge in [0.05, 0.1) is 5.56 Å². The Morgan fingerprint density at radius 1 is 1.04 bits per heavy atom. The third-order valence-corrected chi connectivity index (χ3v) is 4.33. The van der Waals surface area contributed by atoms with E-state index in [4.69, 9.17) is 0 Å². The van der Waals surface area contributed by atoms with Crippen LogP contribution in [0, 0.1) is 6.92 Å². The second kappa shape index (κ2) is 7.32. The summed E-state index contributed by atoms with van der Waals surface area (Å²) in [5.74, 6) is 0.371. The monoisotopic (exact) mass is 371 g/mol. The highest BCUT2D eigenvalue weighted by Gasteiger charge is 2.32. The molecule has 0 saturated heterocycles. The summed E-state index contributed by atoms with van der Waals surface area (Å²) in [5.41, 5.74) is 5.83. The van der Waals surface area contributed by atoms with Crippen molar-refractivity contribution in [2.24, 2.45) is 4.99 Å². The smallest absolute Gasteiger partial charge is 0.297 e. The number of nitrogens with zero attached hydrogens (tertiary/aromatic N) is 3. The number of aliphatic imine (C=N–C) groups is 1. The lowest BCUT2D eigenvalue weighted by molar-refractivity contribution is -0.121. The first kappa shape index (κ1) is 17.4. The maximum Gasteiger partial charge on any atom is 0.297 e. The number of aryl methyl sites for hydroxylation is 1. The summed E-state index contributed by atoms with van der Waals surface area (Å²) in [7, 11) is 0. The number of H-pyrrole nitrogens is 1. The molecule has 0 aliphatic carbocycles. The van der Waals surface area contributed by atoms with Crippen molar-refractivity contribution in [2.45, 2.75) is 6.92 Å². The Hall–Kier alpha value is -4.00. The first-order valence-electron chi connectivity index (χ1n) is 8.69. The number of amidine groups is 1. The minimum absolute atomic E-state index is 0.269. The zero-order valence-corrected chi connectivity index (χ0v) is 15.1. The standard InChI is InChI=1S/C21H17N5O2/c1-14-17(13-27)19(24-23-14)25-26-20(16-10-6-3-7-11-16)22-18(21(26)28)12-15-8-4-2-5-9-15/h2-13H,1H3,(H2,23,24,25)/b18-12-. The largest absolute Gasteiger partial charge is 0.298 e. The van der Waals surface area contributed by atoms with Gasteiger partial charge in [0.15, 0.2) is 17.9 Å². The lowest BCUT2D eigenvalue weighted by atomic mass is 10.2. The van der Waals surface area contributed by atoms with Gasteiger partial charge in [0.2, 0.25) is 0 Å². The Morgan fingerprint density at radius 3 is 2.39 bits per heavy atom. The predicted octanol–water partition coefficient (Wildman–Crippen LogP) is 3.19. The lowest BCUT2D eigenvalue weighted by Crippen LogP contribution is -2.38. The van der Waals surface area contributed by atoms with Crippen LogP contribution >= 0.6 is 0 Å². The number of carbonyl (C=O) groups excluding carboxylic acids is 2. The van der Waals surface area contributed by atoms with E-state index in [0.717, 1.165) is 11.1 Å². The molecule has 2 N–H and O–H groups in total. The number of aromatic amines is 1. The van der Waals surface area contributed by atoms with Crippen LogP contribution in [0.25, 0.3) is 6.08 Å². The van der Waals surface area contributed by atoms with Crippen molar-refractivity contribution < 1.29 is 9.59 Å². The van der Waals surface area contributed by atoms with E-state index in [1.54, 1.807) is 13.0 Å². The second-order valence-corrected chi connectivity index (χ2v) is 6.22. The number of aromatic nitrogens is 2. The van der Waals surface area contributed by atoms with Crippen molar-refractivity contribution in [3.05, 3.63) is 88.7 Å². The van der Waals surface area contributed by atoms with Gasteiger partial charge in [-0.3, -0.25) is 20.1 Å². The van der Waals surface area contributed by atoms with Gasteiger partial charge in [0, 0.05) is 11.3 Å². The summed E-state index contributed by atoms with van der Waals surface area (Å²) >= 11 is 0. The number of carbonyl (C=O) groups is 2. The van der Waals surface area contributed by atoms with E-state index in [1.807, 2.05) is 60.7 Å². The van der Waals surface area contributed by atoms with Crippen LogP contribution in [-0.4, -0.2) is 33.2 Å². The normalized spacial score (nSPS) is 15.0. The first-order chi connectivity index (χ1) is 13.7. The highest BCUT2D eigenvalue weighted by molar-refractivity contribution is 6.20. The van der Waals surface area contributed by atoms with Crippen LogP contribution in [-0.2, 0) is 4.79 Å². The van der Waals surface area contributed by atoms with Gasteiger partial charge in [-0.15, -0.1) is 0 Å². The average molecular weight is 371 g/mol. The van der Waals surface area contributed by atoms with Gasteiger partial charge in [0.1, 0.15) is 5.70 Å². The maximum atomic E-state index is 13.1. The zero-order chi connectivity index (χ0) is 19.5. The molecule has 1 aliphatic rings. The fourth-order valence-electron chi connectivity index (χ4n) is 2.88. The number of anilines is 1. The highest BCUT2D eigenvalue weighted by Crippen LogP contribution is 2.24. The van der Waals surface area contributed by atoms with E-state index < -0.39 is 0 Å². The fourth-order valence-corrected chi connectivity index (χ4v) is 2.88. The molecule has 1 aromatic heterocycles. The van der Waals surface area contributed by atoms with Crippen molar-refractivity contribution in [3.63, 3.8) is 0 Å². The third kappa shape index (κ3) is 3.21. The third-order valence-electron chi connectivity index (χ3n) is 4.33. The minimum atomic E-state index is -0.333. The van der Waals surface area contributed by atoms with Crippen molar-refractivity contribution >= 4 is 29.9 Å². The Bertz CT molecular complexity index is 1080. The quantitative estimate of drug-likeness (QED) is 0.532. The molecule has 2 aromatic carbocycles. The molecule has 1 amide bonds. The second-order valence-electron chi connectivity index (χ2n) is 6.22. The van der Waals surface area contributed by atoms with Crippen LogP contribution in [0.3, 0.4) is 0 Å². The first-order valence-corrected chi connectivity index (χ1v) is 8.69. The van der Waals surface area contributed by atoms with E-state index >= 15 is 0 Å². The van der Waals surface area contributed by atoms with Gasteiger partial charge >= 0.3 is 0 Å². The van der Waals surface area contributed by atoms with Crippen molar-refractivity contribution in [3.8, 4) is 0 Å². The number of benzene rings is 2. The van der Waals surface area contributed by atoms with Crippen molar-refractivity contribution in [1.82, 2.24) is 15.2 Å². The number of nitrogens with one attached hydrogen (secondary N) is 2. The molecular formula is C21H17N5O2. The number of amides is 1. The van der Waals surface area contributed by atoms with Crippen LogP contribution in [0.15, 0.2) is 71.4 Å². The molecule has 0 saturated carbocycles. The summed E-state index contributed by atoms with van der Waals surface area (Å²) in [6, 6.07) is 18.9. The molecule has 0 radical (unpaired) electrons. The summed E-state index contributed by atoms with van der Waals surface area (Å²) in [4.78, 5) is 29.0. The Balaban J connectivity index is 1.75. The maximum absolute atomic E-state index is 13.1. The number of rotatable bonds is 5. The SMILES string of the molecule is Cc1[nH]nc(NN2C(=O)/C(=C/c3ccccc3)N=C2c2ccccc2)c1C=O. The Morgan fingerprint density at radius 2 is 1.71 bits per heavy atom. The zero-order valence-electron chi connectivity index (χ0n) is 15.1. The van der Waals surface area contributed by atoms with Crippen molar-refractivity contribution in [2.75, 3.05) is 5.43 Å². The fraction of sp³-hybridized carbons (Fsp3) is 0.0476. The van der Waals surface area contributed by atoms with Crippen LogP contribution in [0.2, 0.25) is 0 Å². The molecule has 7 heteroatoms. The van der Waals surface area contributed by atoms with Crippen LogP contribution in [0.5, 0.6) is 0 Å². The molecular weight excluding hydrogens is 354 g/mol. The summed E-state index contributed by atoms with van der Waals surface area (Å²) in [6.45, 7) is 1.74. The Labute approximate surface area is 161 Å². The van der Waals surface area contributed by atoms with Crippen molar-refractivity contribution in [1.29, 1.82) is 0 Å². The van der Waals surface area contributed by atoms with Gasteiger partial charge in [-0.25, -0.2) is 4.99 Å². The predicted molar refractivity (Wildman–Crippen MR) is 107 cm³/mol. The van der Waals surface area contributed by atoms with Gasteiger partial charge in [0.25, 0.3) is 5.91 Å². The molecule has 0 fully saturated rings. The van der Waals surface area contributed by atoms with Crippen LogP contribution in [0.1, 0.15) is 27.2 Å². The van der Waals surface area contributed by atoms with Gasteiger partial charge in [-0.2, -0.15) is 10.1 Å². The van der Waals surface area contributed by atoms with Gasteiger partial charge < -0.3 is 0 Å². The molecule has 138 valence electrons. The van der Waals surface area contributed by atoms with E-state index in [2.05, 4.69) is 20.6 Å². The number of hydrogen-bond acceptors (Lipinski definition) is 5. The molecule has 2 heterocycles. The molecule has 0 atom stereocenters. The highest BCUT2D eigenvalue weighted by atomic mass is 16.2. The molecule has 0 bridgehead atoms. The summed E-state index contributed by atoms with van der Waals surface area (Å²) in [6.07, 6.45) is 2.42. The van der Waals surface area contributed by atoms with Gasteiger partial charge in [-0.05, 0) is 18.6 Å². The number of hydrogen-bond donors (Lipinski definition) is 2. The van der Waals surface area contributed by atoms with Crippen LogP contribution < -0.4 is 5.43 Å². The summed E-state index contributed by atoms with van der Waals surface area (Å²) < 4.78 is 0. The van der Waals surface area contributed by atoms with E-state index in [0.29, 0.717) is 23.4 Å². The molecule has 4 rings (SSSR count). The number of aldehydes is 1. The van der Waals surface area contributed by atoms with Gasteiger partial charge in [-0.1, -0.05) is 60.7 Å². The van der Waals surface area contributed by atoms with Crippen LogP contribution in [0.4, 0.5) is 5.82 Å². The summed E-state index contributed by atoms with van der Waals surface area (Å²) in [5, 5.41) is 8.14. The molecule has 0 unspecified atom stereocenters.